The quantitative estimate of drug-likeness (QED) is 0.701. The smallest absolute Gasteiger partial charge is 0.330 e. The molecule has 140 valence electrons. The molecule has 2 rings (SSSR count). The predicted molar refractivity (Wildman–Crippen MR) is 96.1 cm³/mol. The van der Waals surface area contributed by atoms with Crippen LogP contribution in [-0.4, -0.2) is 55.7 Å². The molecule has 1 aromatic carbocycles. The number of esters is 1. The maximum Gasteiger partial charge on any atom is 0.330 e. The Kier molecular flexibility index (Phi) is 6.43. The number of tetrazole rings is 1. The molecule has 0 aliphatic rings. The van der Waals surface area contributed by atoms with Crippen molar-refractivity contribution >= 4 is 11.9 Å². The van der Waals surface area contributed by atoms with Crippen LogP contribution in [-0.2, 0) is 20.9 Å². The molecule has 0 saturated heterocycles. The summed E-state index contributed by atoms with van der Waals surface area (Å²) < 4.78 is 5.06. The second-order valence-electron chi connectivity index (χ2n) is 6.66. The van der Waals surface area contributed by atoms with Crippen LogP contribution < -0.4 is 0 Å². The van der Waals surface area contributed by atoms with E-state index in [0.29, 0.717) is 5.82 Å². The third-order valence-corrected chi connectivity index (χ3v) is 3.79. The molecule has 1 aromatic heterocycles. The summed E-state index contributed by atoms with van der Waals surface area (Å²) >= 11 is 0. The number of rotatable bonds is 7. The first-order chi connectivity index (χ1) is 12.3. The lowest BCUT2D eigenvalue weighted by Crippen LogP contribution is -2.44. The highest BCUT2D eigenvalue weighted by Gasteiger charge is 2.21. The molecule has 0 N–H and O–H groups in total. The number of amides is 1. The van der Waals surface area contributed by atoms with Crippen molar-refractivity contribution in [2.24, 2.45) is 0 Å². The summed E-state index contributed by atoms with van der Waals surface area (Å²) in [6.45, 7) is 9.18. The average Bonchev–Trinajstić information content (AvgIpc) is 3.01. The first kappa shape index (κ1) is 19.6. The first-order valence-corrected chi connectivity index (χ1v) is 8.59. The first-order valence-electron chi connectivity index (χ1n) is 8.59. The Morgan fingerprint density at radius 3 is 2.31 bits per heavy atom. The zero-order valence-electron chi connectivity index (χ0n) is 15.8. The lowest BCUT2D eigenvalue weighted by atomic mass is 10.1. The van der Waals surface area contributed by atoms with Crippen molar-refractivity contribution in [3.63, 3.8) is 0 Å². The van der Waals surface area contributed by atoms with Crippen LogP contribution in [0.5, 0.6) is 0 Å². The fourth-order valence-corrected chi connectivity index (χ4v) is 2.68. The van der Waals surface area contributed by atoms with Gasteiger partial charge in [0.1, 0.15) is 0 Å². The van der Waals surface area contributed by atoms with Crippen LogP contribution in [0.1, 0.15) is 33.3 Å². The van der Waals surface area contributed by atoms with Crippen molar-refractivity contribution < 1.29 is 14.3 Å². The summed E-state index contributed by atoms with van der Waals surface area (Å²) in [5.74, 6) is -0.381. The van der Waals surface area contributed by atoms with Crippen molar-refractivity contribution in [2.75, 3.05) is 6.61 Å². The minimum Gasteiger partial charge on any atom is -0.454 e. The zero-order chi connectivity index (χ0) is 19.3. The molecule has 8 heteroatoms. The minimum absolute atomic E-state index is 0.0373. The highest BCUT2D eigenvalue weighted by atomic mass is 16.5. The number of aryl methyl sites for hydroxylation is 1. The second kappa shape index (κ2) is 8.55. The van der Waals surface area contributed by atoms with E-state index in [1.165, 1.54) is 0 Å². The summed E-state index contributed by atoms with van der Waals surface area (Å²) in [5, 5.41) is 12.0. The van der Waals surface area contributed by atoms with Gasteiger partial charge in [-0.1, -0.05) is 29.8 Å². The van der Waals surface area contributed by atoms with E-state index >= 15 is 0 Å². The van der Waals surface area contributed by atoms with Gasteiger partial charge < -0.3 is 9.64 Å². The highest BCUT2D eigenvalue weighted by Crippen LogP contribution is 2.13. The Morgan fingerprint density at radius 1 is 1.12 bits per heavy atom. The Morgan fingerprint density at radius 2 is 1.73 bits per heavy atom. The van der Waals surface area contributed by atoms with E-state index in [0.717, 1.165) is 15.9 Å². The van der Waals surface area contributed by atoms with Crippen molar-refractivity contribution in [2.45, 2.75) is 53.2 Å². The van der Waals surface area contributed by atoms with E-state index in [1.807, 2.05) is 58.9 Å². The van der Waals surface area contributed by atoms with E-state index in [-0.39, 0.29) is 31.1 Å². The lowest BCUT2D eigenvalue weighted by molar-refractivity contribution is -0.154. The third-order valence-electron chi connectivity index (χ3n) is 3.79. The number of carbonyl (C=O) groups is 2. The summed E-state index contributed by atoms with van der Waals surface area (Å²) in [4.78, 5) is 27.0. The Hall–Kier alpha value is -2.77. The van der Waals surface area contributed by atoms with E-state index in [9.17, 15) is 9.59 Å². The summed E-state index contributed by atoms with van der Waals surface area (Å²) in [7, 11) is 0. The normalized spacial score (nSPS) is 11.0. The van der Waals surface area contributed by atoms with Gasteiger partial charge in [0.25, 0.3) is 5.91 Å². The van der Waals surface area contributed by atoms with Gasteiger partial charge in [0.05, 0.1) is 0 Å². The Balaban J connectivity index is 1.90. The van der Waals surface area contributed by atoms with Gasteiger partial charge in [0, 0.05) is 17.6 Å². The van der Waals surface area contributed by atoms with Gasteiger partial charge in [-0.25, -0.2) is 4.79 Å². The molecule has 0 radical (unpaired) electrons. The maximum atomic E-state index is 12.2. The van der Waals surface area contributed by atoms with Crippen molar-refractivity contribution in [1.29, 1.82) is 0 Å². The van der Waals surface area contributed by atoms with E-state index in [2.05, 4.69) is 15.4 Å². The van der Waals surface area contributed by atoms with Crippen molar-refractivity contribution in [1.82, 2.24) is 25.1 Å². The number of carbonyl (C=O) groups excluding carboxylic acids is 2. The van der Waals surface area contributed by atoms with Gasteiger partial charge in [0.15, 0.2) is 13.2 Å². The number of hydrogen-bond donors (Lipinski definition) is 0. The van der Waals surface area contributed by atoms with Crippen LogP contribution in [0.2, 0.25) is 0 Å². The Labute approximate surface area is 153 Å². The molecular weight excluding hydrogens is 334 g/mol. The van der Waals surface area contributed by atoms with Crippen molar-refractivity contribution in [3.8, 4) is 11.4 Å². The molecule has 0 fully saturated rings. The number of ether oxygens (including phenoxy) is 1. The van der Waals surface area contributed by atoms with Gasteiger partial charge >= 0.3 is 5.97 Å². The third kappa shape index (κ3) is 5.11. The van der Waals surface area contributed by atoms with Crippen LogP contribution in [0.15, 0.2) is 24.3 Å². The molecule has 1 heterocycles. The molecule has 0 unspecified atom stereocenters. The molecule has 0 aliphatic carbocycles. The predicted octanol–water partition coefficient (Wildman–Crippen LogP) is 1.84. The summed E-state index contributed by atoms with van der Waals surface area (Å²) in [6.07, 6.45) is 0. The standard InChI is InChI=1S/C18H25N5O3/c1-12(2)23(13(3)4)16(24)11-26-17(25)10-22-20-18(19-21-22)15-8-6-14(5)7-9-15/h6-9,12-13H,10-11H2,1-5H3. The van der Waals surface area contributed by atoms with Crippen LogP contribution in [0.25, 0.3) is 11.4 Å². The molecule has 0 bridgehead atoms. The molecule has 1 amide bonds. The minimum atomic E-state index is -0.585. The van der Waals surface area contributed by atoms with Gasteiger partial charge in [-0.2, -0.15) is 4.80 Å². The van der Waals surface area contributed by atoms with E-state index in [4.69, 9.17) is 4.74 Å². The van der Waals surface area contributed by atoms with Gasteiger partial charge in [-0.05, 0) is 39.8 Å². The summed E-state index contributed by atoms with van der Waals surface area (Å²) in [5.41, 5.74) is 1.95. The molecular formula is C18H25N5O3. The monoisotopic (exact) mass is 359 g/mol. The van der Waals surface area contributed by atoms with Gasteiger partial charge in [-0.15, -0.1) is 10.2 Å². The van der Waals surface area contributed by atoms with Crippen LogP contribution in [0, 0.1) is 6.92 Å². The van der Waals surface area contributed by atoms with Crippen LogP contribution >= 0.6 is 0 Å². The van der Waals surface area contributed by atoms with E-state index < -0.39 is 5.97 Å². The fraction of sp³-hybridized carbons (Fsp3) is 0.500. The van der Waals surface area contributed by atoms with E-state index in [1.54, 1.807) is 4.90 Å². The summed E-state index contributed by atoms with van der Waals surface area (Å²) in [6, 6.07) is 7.75. The largest absolute Gasteiger partial charge is 0.454 e. The fourth-order valence-electron chi connectivity index (χ4n) is 2.68. The molecule has 0 aliphatic heterocycles. The molecule has 8 nitrogen and oxygen atoms in total. The van der Waals surface area contributed by atoms with Gasteiger partial charge in [0.2, 0.25) is 5.82 Å². The van der Waals surface area contributed by atoms with Gasteiger partial charge in [-0.3, -0.25) is 4.79 Å². The molecule has 26 heavy (non-hydrogen) atoms. The SMILES string of the molecule is Cc1ccc(-c2nnn(CC(=O)OCC(=O)N(C(C)C)C(C)C)n2)cc1. The lowest BCUT2D eigenvalue weighted by Gasteiger charge is -2.30. The number of benzene rings is 1. The second-order valence-corrected chi connectivity index (χ2v) is 6.66. The van der Waals surface area contributed by atoms with Crippen LogP contribution in [0.3, 0.4) is 0 Å². The average molecular weight is 359 g/mol. The topological polar surface area (TPSA) is 90.2 Å². The van der Waals surface area contributed by atoms with Crippen molar-refractivity contribution in [3.05, 3.63) is 29.8 Å². The molecule has 2 aromatic rings. The molecule has 0 spiro atoms. The van der Waals surface area contributed by atoms with Crippen LogP contribution in [0.4, 0.5) is 0 Å². The maximum absolute atomic E-state index is 12.2. The highest BCUT2D eigenvalue weighted by molar-refractivity contribution is 5.81. The Bertz CT molecular complexity index is 744. The molecule has 0 saturated carbocycles. The zero-order valence-corrected chi connectivity index (χ0v) is 15.8. The number of nitrogens with zero attached hydrogens (tertiary/aromatic N) is 5. The number of aromatic nitrogens is 4. The number of hydrogen-bond acceptors (Lipinski definition) is 6. The molecule has 0 atom stereocenters.